The fourth-order valence-electron chi connectivity index (χ4n) is 2.25. The predicted octanol–water partition coefficient (Wildman–Crippen LogP) is 3.58. The number of anilines is 1. The largest absolute Gasteiger partial charge is 0.462 e. The van der Waals surface area contributed by atoms with Crippen LogP contribution < -0.4 is 5.32 Å². The maximum atomic E-state index is 11.8. The second-order valence-electron chi connectivity index (χ2n) is 4.87. The molecule has 0 atom stereocenters. The van der Waals surface area contributed by atoms with Crippen LogP contribution in [0, 0.1) is 6.92 Å². The summed E-state index contributed by atoms with van der Waals surface area (Å²) in [5.41, 5.74) is 1.15. The van der Waals surface area contributed by atoms with Crippen molar-refractivity contribution in [3.8, 4) is 0 Å². The van der Waals surface area contributed by atoms with E-state index in [-0.39, 0.29) is 5.91 Å². The van der Waals surface area contributed by atoms with E-state index >= 15 is 0 Å². The molecule has 0 aliphatic heterocycles. The molecule has 4 nitrogen and oxygen atoms in total. The van der Waals surface area contributed by atoms with E-state index in [1.165, 1.54) is 23.8 Å². The molecule has 2 aromatic rings. The van der Waals surface area contributed by atoms with Gasteiger partial charge in [0.1, 0.15) is 11.5 Å². The highest BCUT2D eigenvalue weighted by Crippen LogP contribution is 2.29. The first kappa shape index (κ1) is 13.1. The Morgan fingerprint density at radius 2 is 2.25 bits per heavy atom. The van der Waals surface area contributed by atoms with Gasteiger partial charge < -0.3 is 4.42 Å². The van der Waals surface area contributed by atoms with Crippen LogP contribution in [0.3, 0.4) is 0 Å². The summed E-state index contributed by atoms with van der Waals surface area (Å²) in [5, 5.41) is 3.51. The lowest BCUT2D eigenvalue weighted by Gasteiger charge is -2.06. The summed E-state index contributed by atoms with van der Waals surface area (Å²) < 4.78 is 5.37. The van der Waals surface area contributed by atoms with Gasteiger partial charge in [-0.25, -0.2) is 4.98 Å². The summed E-state index contributed by atoms with van der Waals surface area (Å²) in [6.07, 6.45) is 7.67. The number of carbonyl (C=O) groups excluding carboxylic acids is 1. The molecule has 1 aliphatic carbocycles. The monoisotopic (exact) mass is 288 g/mol. The molecule has 0 saturated carbocycles. The van der Waals surface area contributed by atoms with Crippen LogP contribution in [-0.4, -0.2) is 10.9 Å². The van der Waals surface area contributed by atoms with Crippen molar-refractivity contribution in [2.75, 3.05) is 5.32 Å². The molecule has 1 N–H and O–H groups in total. The van der Waals surface area contributed by atoms with E-state index < -0.39 is 0 Å². The molecule has 20 heavy (non-hydrogen) atoms. The van der Waals surface area contributed by atoms with Gasteiger partial charge in [0.2, 0.25) is 5.91 Å². The fourth-order valence-corrected chi connectivity index (χ4v) is 3.31. The van der Waals surface area contributed by atoms with Crippen molar-refractivity contribution in [1.29, 1.82) is 0 Å². The summed E-state index contributed by atoms with van der Waals surface area (Å²) in [4.78, 5) is 17.6. The molecule has 0 bridgehead atoms. The zero-order valence-electron chi connectivity index (χ0n) is 11.3. The number of aryl methyl sites for hydroxylation is 3. The summed E-state index contributed by atoms with van der Waals surface area (Å²) in [6, 6.07) is 3.70. The molecular formula is C15H16N2O2S. The summed E-state index contributed by atoms with van der Waals surface area (Å²) in [6.45, 7) is 1.87. The van der Waals surface area contributed by atoms with Gasteiger partial charge in [0.05, 0.1) is 5.69 Å². The van der Waals surface area contributed by atoms with E-state index in [0.717, 1.165) is 24.3 Å². The Labute approximate surface area is 121 Å². The third-order valence-electron chi connectivity index (χ3n) is 3.24. The smallest absolute Gasteiger partial charge is 0.250 e. The van der Waals surface area contributed by atoms with Crippen LogP contribution in [0.1, 0.15) is 34.9 Å². The zero-order chi connectivity index (χ0) is 13.9. The normalized spacial score (nSPS) is 14.4. The number of thiazole rings is 1. The van der Waals surface area contributed by atoms with Gasteiger partial charge in [-0.15, -0.1) is 11.3 Å². The van der Waals surface area contributed by atoms with Crippen LogP contribution >= 0.6 is 11.3 Å². The van der Waals surface area contributed by atoms with Crippen molar-refractivity contribution in [2.45, 2.75) is 32.6 Å². The molecular weight excluding hydrogens is 272 g/mol. The average Bonchev–Trinajstić information content (AvgIpc) is 3.01. The highest BCUT2D eigenvalue weighted by molar-refractivity contribution is 7.15. The number of aromatic nitrogens is 1. The molecule has 2 aromatic heterocycles. The fraction of sp³-hybridized carbons (Fsp3) is 0.333. The van der Waals surface area contributed by atoms with Crippen molar-refractivity contribution >= 4 is 28.5 Å². The third kappa shape index (κ3) is 2.99. The Hall–Kier alpha value is -1.88. The number of amides is 1. The standard InChI is InChI=1S/C15H16N2O2S/c1-10-6-7-11(19-10)8-9-14(18)17-15-16-12-4-2-3-5-13(12)20-15/h6-9H,2-5H2,1H3,(H,16,17,18)/b9-8+. The van der Waals surface area contributed by atoms with Gasteiger partial charge in [-0.05, 0) is 50.8 Å². The molecule has 104 valence electrons. The highest BCUT2D eigenvalue weighted by atomic mass is 32.1. The minimum absolute atomic E-state index is 0.176. The predicted molar refractivity (Wildman–Crippen MR) is 79.9 cm³/mol. The lowest BCUT2D eigenvalue weighted by molar-refractivity contribution is -0.111. The number of nitrogens with zero attached hydrogens (tertiary/aromatic N) is 1. The van der Waals surface area contributed by atoms with E-state index in [0.29, 0.717) is 10.9 Å². The van der Waals surface area contributed by atoms with Gasteiger partial charge >= 0.3 is 0 Å². The van der Waals surface area contributed by atoms with Crippen LogP contribution in [0.4, 0.5) is 5.13 Å². The van der Waals surface area contributed by atoms with E-state index in [9.17, 15) is 4.79 Å². The molecule has 0 fully saturated rings. The van der Waals surface area contributed by atoms with E-state index in [2.05, 4.69) is 10.3 Å². The molecule has 3 rings (SSSR count). The van der Waals surface area contributed by atoms with Gasteiger partial charge in [-0.3, -0.25) is 10.1 Å². The Bertz CT molecular complexity index is 631. The highest BCUT2D eigenvalue weighted by Gasteiger charge is 2.15. The average molecular weight is 288 g/mol. The number of fused-ring (bicyclic) bond motifs is 1. The molecule has 0 aromatic carbocycles. The first-order chi connectivity index (χ1) is 9.70. The Morgan fingerprint density at radius 3 is 3.00 bits per heavy atom. The van der Waals surface area contributed by atoms with E-state index in [1.54, 1.807) is 17.4 Å². The van der Waals surface area contributed by atoms with Crippen molar-refractivity contribution in [2.24, 2.45) is 0 Å². The lowest BCUT2D eigenvalue weighted by atomic mass is 10.0. The number of nitrogens with one attached hydrogen (secondary N) is 1. The Balaban J connectivity index is 1.64. The van der Waals surface area contributed by atoms with Crippen LogP contribution in [0.25, 0.3) is 6.08 Å². The second-order valence-corrected chi connectivity index (χ2v) is 5.95. The van der Waals surface area contributed by atoms with Gasteiger partial charge in [0.15, 0.2) is 5.13 Å². The molecule has 0 spiro atoms. The zero-order valence-corrected chi connectivity index (χ0v) is 12.1. The van der Waals surface area contributed by atoms with Crippen LogP contribution in [0.15, 0.2) is 22.6 Å². The summed E-state index contributed by atoms with van der Waals surface area (Å²) in [7, 11) is 0. The number of hydrogen-bond acceptors (Lipinski definition) is 4. The van der Waals surface area contributed by atoms with Crippen molar-refractivity contribution < 1.29 is 9.21 Å². The number of rotatable bonds is 3. The van der Waals surface area contributed by atoms with Crippen LogP contribution in [-0.2, 0) is 17.6 Å². The summed E-state index contributed by atoms with van der Waals surface area (Å²) in [5.74, 6) is 1.33. The van der Waals surface area contributed by atoms with Gasteiger partial charge in [0, 0.05) is 11.0 Å². The molecule has 0 unspecified atom stereocenters. The van der Waals surface area contributed by atoms with Crippen molar-refractivity contribution in [3.05, 3.63) is 40.3 Å². The van der Waals surface area contributed by atoms with Crippen LogP contribution in [0.2, 0.25) is 0 Å². The molecule has 0 radical (unpaired) electrons. The molecule has 5 heteroatoms. The quantitative estimate of drug-likeness (QED) is 0.878. The maximum Gasteiger partial charge on any atom is 0.250 e. The number of hydrogen-bond donors (Lipinski definition) is 1. The Morgan fingerprint density at radius 1 is 1.40 bits per heavy atom. The minimum atomic E-state index is -0.176. The number of carbonyl (C=O) groups is 1. The maximum absolute atomic E-state index is 11.8. The number of furan rings is 1. The summed E-state index contributed by atoms with van der Waals surface area (Å²) >= 11 is 1.59. The first-order valence-corrected chi connectivity index (χ1v) is 7.56. The Kier molecular flexibility index (Phi) is 3.69. The molecule has 1 aliphatic rings. The van der Waals surface area contributed by atoms with E-state index in [1.807, 2.05) is 19.1 Å². The van der Waals surface area contributed by atoms with Gasteiger partial charge in [-0.2, -0.15) is 0 Å². The second kappa shape index (κ2) is 5.63. The van der Waals surface area contributed by atoms with E-state index in [4.69, 9.17) is 4.42 Å². The minimum Gasteiger partial charge on any atom is -0.462 e. The van der Waals surface area contributed by atoms with Gasteiger partial charge in [0.25, 0.3) is 0 Å². The van der Waals surface area contributed by atoms with Crippen molar-refractivity contribution in [3.63, 3.8) is 0 Å². The molecule has 0 saturated heterocycles. The first-order valence-electron chi connectivity index (χ1n) is 6.75. The van der Waals surface area contributed by atoms with Crippen molar-refractivity contribution in [1.82, 2.24) is 4.98 Å². The third-order valence-corrected chi connectivity index (χ3v) is 4.31. The molecule has 1 amide bonds. The van der Waals surface area contributed by atoms with Gasteiger partial charge in [-0.1, -0.05) is 0 Å². The lowest BCUT2D eigenvalue weighted by Crippen LogP contribution is -2.07. The SMILES string of the molecule is Cc1ccc(/C=C/C(=O)Nc2nc3c(s2)CCCC3)o1. The molecule has 2 heterocycles. The topological polar surface area (TPSA) is 55.1 Å². The van der Waals surface area contributed by atoms with Crippen LogP contribution in [0.5, 0.6) is 0 Å².